The van der Waals surface area contributed by atoms with Crippen LogP contribution in [0.4, 0.5) is 5.82 Å². The molecule has 1 aliphatic rings. The fourth-order valence-electron chi connectivity index (χ4n) is 1.57. The van der Waals surface area contributed by atoms with Crippen molar-refractivity contribution >= 4 is 23.5 Å². The van der Waals surface area contributed by atoms with E-state index in [2.05, 4.69) is 9.97 Å². The fourth-order valence-corrected chi connectivity index (χ4v) is 1.97. The summed E-state index contributed by atoms with van der Waals surface area (Å²) < 4.78 is 0. The first-order valence-electron chi connectivity index (χ1n) is 4.59. The van der Waals surface area contributed by atoms with E-state index in [0.29, 0.717) is 23.1 Å². The number of nitrogens with two attached hydrogens (primary N) is 1. The number of rotatable bonds is 1. The third kappa shape index (κ3) is 1.65. The molecular weight excluding hydrogens is 212 g/mol. The molecule has 5 nitrogen and oxygen atoms in total. The highest BCUT2D eigenvalue weighted by Gasteiger charge is 2.26. The van der Waals surface area contributed by atoms with Gasteiger partial charge in [-0.1, -0.05) is 11.8 Å². The van der Waals surface area contributed by atoms with Gasteiger partial charge in [-0.2, -0.15) is 0 Å². The molecule has 0 bridgehead atoms. The number of amides is 1. The van der Waals surface area contributed by atoms with Gasteiger partial charge in [0.15, 0.2) is 5.16 Å². The molecule has 2 N–H and O–H groups in total. The van der Waals surface area contributed by atoms with Crippen LogP contribution in [0.25, 0.3) is 0 Å². The van der Waals surface area contributed by atoms with Crippen molar-refractivity contribution in [1.29, 1.82) is 0 Å². The molecule has 1 aromatic rings. The number of aromatic nitrogens is 2. The third-order valence-electron chi connectivity index (χ3n) is 2.42. The topological polar surface area (TPSA) is 72.1 Å². The van der Waals surface area contributed by atoms with E-state index in [4.69, 9.17) is 5.73 Å². The predicted molar refractivity (Wildman–Crippen MR) is 58.9 cm³/mol. The van der Waals surface area contributed by atoms with Crippen molar-refractivity contribution in [3.63, 3.8) is 0 Å². The van der Waals surface area contributed by atoms with Gasteiger partial charge in [0.05, 0.1) is 5.69 Å². The standard InChI is InChI=1S/C9H12N4OS/c1-13-4-3-5-6(8(13)14)7(10)12-9(11-5)15-2/h3-4H2,1-2H3,(H2,10,11,12). The molecule has 15 heavy (non-hydrogen) atoms. The zero-order valence-electron chi connectivity index (χ0n) is 8.65. The molecule has 0 unspecified atom stereocenters. The molecule has 0 saturated heterocycles. The van der Waals surface area contributed by atoms with Crippen molar-refractivity contribution < 1.29 is 4.79 Å². The van der Waals surface area contributed by atoms with E-state index in [-0.39, 0.29) is 5.91 Å². The van der Waals surface area contributed by atoms with Crippen LogP contribution in [0, 0.1) is 0 Å². The number of likely N-dealkylation sites (N-methyl/N-ethyl adjacent to an activating group) is 1. The summed E-state index contributed by atoms with van der Waals surface area (Å²) in [5, 5.41) is 0.628. The fraction of sp³-hybridized carbons (Fsp3) is 0.444. The molecule has 0 aromatic carbocycles. The molecule has 1 aromatic heterocycles. The zero-order chi connectivity index (χ0) is 11.0. The van der Waals surface area contributed by atoms with E-state index in [0.717, 1.165) is 12.1 Å². The number of hydrogen-bond donors (Lipinski definition) is 1. The molecule has 0 radical (unpaired) electrons. The van der Waals surface area contributed by atoms with E-state index >= 15 is 0 Å². The maximum Gasteiger partial charge on any atom is 0.259 e. The number of thioether (sulfide) groups is 1. The highest BCUT2D eigenvalue weighted by atomic mass is 32.2. The monoisotopic (exact) mass is 224 g/mol. The molecule has 80 valence electrons. The first kappa shape index (κ1) is 10.2. The molecule has 1 aliphatic heterocycles. The lowest BCUT2D eigenvalue weighted by atomic mass is 10.1. The Morgan fingerprint density at radius 3 is 2.87 bits per heavy atom. The molecule has 0 atom stereocenters. The largest absolute Gasteiger partial charge is 0.383 e. The van der Waals surface area contributed by atoms with Gasteiger partial charge in [-0.3, -0.25) is 4.79 Å². The summed E-state index contributed by atoms with van der Waals surface area (Å²) in [6.07, 6.45) is 2.63. The molecule has 0 spiro atoms. The Hall–Kier alpha value is -1.30. The van der Waals surface area contributed by atoms with Gasteiger partial charge in [0.25, 0.3) is 5.91 Å². The first-order valence-corrected chi connectivity index (χ1v) is 5.81. The van der Waals surface area contributed by atoms with E-state index < -0.39 is 0 Å². The Morgan fingerprint density at radius 1 is 1.47 bits per heavy atom. The van der Waals surface area contributed by atoms with Crippen molar-refractivity contribution in [2.24, 2.45) is 0 Å². The summed E-state index contributed by atoms with van der Waals surface area (Å²) >= 11 is 1.43. The second-order valence-electron chi connectivity index (χ2n) is 3.39. The predicted octanol–water partition coefficient (Wildman–Crippen LogP) is 0.409. The number of carbonyl (C=O) groups is 1. The van der Waals surface area contributed by atoms with E-state index in [1.165, 1.54) is 11.8 Å². The van der Waals surface area contributed by atoms with Gasteiger partial charge in [0.2, 0.25) is 0 Å². The number of nitrogen functional groups attached to an aromatic ring is 1. The Morgan fingerprint density at radius 2 is 2.20 bits per heavy atom. The summed E-state index contributed by atoms with van der Waals surface area (Å²) in [5.74, 6) is 0.210. The quantitative estimate of drug-likeness (QED) is 0.552. The van der Waals surface area contributed by atoms with Crippen LogP contribution < -0.4 is 5.73 Å². The normalized spacial score (nSPS) is 15.3. The Kier molecular flexibility index (Phi) is 2.52. The van der Waals surface area contributed by atoms with Crippen LogP contribution in [0.15, 0.2) is 5.16 Å². The minimum Gasteiger partial charge on any atom is -0.383 e. The molecular formula is C9H12N4OS. The lowest BCUT2D eigenvalue weighted by Crippen LogP contribution is -2.35. The van der Waals surface area contributed by atoms with Crippen LogP contribution in [-0.4, -0.2) is 40.6 Å². The van der Waals surface area contributed by atoms with Crippen molar-refractivity contribution in [2.45, 2.75) is 11.6 Å². The zero-order valence-corrected chi connectivity index (χ0v) is 9.47. The molecule has 0 aliphatic carbocycles. The SMILES string of the molecule is CSc1nc(N)c2c(n1)CCN(C)C2=O. The maximum atomic E-state index is 11.8. The summed E-state index contributed by atoms with van der Waals surface area (Å²) in [7, 11) is 1.76. The van der Waals surface area contributed by atoms with E-state index in [1.807, 2.05) is 6.26 Å². The lowest BCUT2D eigenvalue weighted by Gasteiger charge is -2.24. The average Bonchev–Trinajstić information content (AvgIpc) is 2.23. The molecule has 0 fully saturated rings. The van der Waals surface area contributed by atoms with Gasteiger partial charge in [0.1, 0.15) is 11.4 Å². The minimum absolute atomic E-state index is 0.0820. The second kappa shape index (κ2) is 3.69. The molecule has 0 saturated carbocycles. The van der Waals surface area contributed by atoms with Crippen LogP contribution in [0.2, 0.25) is 0 Å². The maximum absolute atomic E-state index is 11.8. The summed E-state index contributed by atoms with van der Waals surface area (Å²) in [6, 6.07) is 0. The van der Waals surface area contributed by atoms with E-state index in [9.17, 15) is 4.79 Å². The van der Waals surface area contributed by atoms with Gasteiger partial charge in [0, 0.05) is 20.0 Å². The highest BCUT2D eigenvalue weighted by molar-refractivity contribution is 7.98. The molecule has 1 amide bonds. The number of anilines is 1. The summed E-state index contributed by atoms with van der Waals surface area (Å²) in [6.45, 7) is 0.691. The van der Waals surface area contributed by atoms with Crippen molar-refractivity contribution in [1.82, 2.24) is 14.9 Å². The number of nitrogens with zero attached hydrogens (tertiary/aromatic N) is 3. The summed E-state index contributed by atoms with van der Waals surface area (Å²) in [5.41, 5.74) is 7.01. The van der Waals surface area contributed by atoms with Gasteiger partial charge >= 0.3 is 0 Å². The van der Waals surface area contributed by atoms with Crippen LogP contribution >= 0.6 is 11.8 Å². The van der Waals surface area contributed by atoms with Gasteiger partial charge in [-0.25, -0.2) is 9.97 Å². The lowest BCUT2D eigenvalue weighted by molar-refractivity contribution is 0.0779. The Balaban J connectivity index is 2.55. The van der Waals surface area contributed by atoms with Crippen molar-refractivity contribution in [3.05, 3.63) is 11.3 Å². The van der Waals surface area contributed by atoms with Crippen LogP contribution in [0.5, 0.6) is 0 Å². The number of carbonyl (C=O) groups excluding carboxylic acids is 1. The minimum atomic E-state index is -0.0820. The number of fused-ring (bicyclic) bond motifs is 1. The first-order chi connectivity index (χ1) is 7.13. The van der Waals surface area contributed by atoms with Gasteiger partial charge in [-0.15, -0.1) is 0 Å². The Bertz CT molecular complexity index is 421. The smallest absolute Gasteiger partial charge is 0.259 e. The van der Waals surface area contributed by atoms with Gasteiger partial charge < -0.3 is 10.6 Å². The van der Waals surface area contributed by atoms with Crippen LogP contribution in [0.3, 0.4) is 0 Å². The average molecular weight is 224 g/mol. The van der Waals surface area contributed by atoms with E-state index in [1.54, 1.807) is 11.9 Å². The Labute approximate surface area is 92.1 Å². The second-order valence-corrected chi connectivity index (χ2v) is 4.17. The molecule has 2 rings (SSSR count). The molecule has 2 heterocycles. The van der Waals surface area contributed by atoms with Crippen LogP contribution in [-0.2, 0) is 6.42 Å². The van der Waals surface area contributed by atoms with Gasteiger partial charge in [-0.05, 0) is 6.26 Å². The van der Waals surface area contributed by atoms with Crippen molar-refractivity contribution in [2.75, 3.05) is 25.6 Å². The van der Waals surface area contributed by atoms with Crippen molar-refractivity contribution in [3.8, 4) is 0 Å². The molecule has 6 heteroatoms. The number of hydrogen-bond acceptors (Lipinski definition) is 5. The summed E-state index contributed by atoms with van der Waals surface area (Å²) in [4.78, 5) is 21.8. The third-order valence-corrected chi connectivity index (χ3v) is 2.97. The highest BCUT2D eigenvalue weighted by Crippen LogP contribution is 2.23. The van der Waals surface area contributed by atoms with Crippen LogP contribution in [0.1, 0.15) is 16.1 Å².